The molecule has 2 atom stereocenters. The molecule has 0 saturated heterocycles. The van der Waals surface area contributed by atoms with E-state index in [0.717, 1.165) is 12.8 Å². The van der Waals surface area contributed by atoms with Gasteiger partial charge in [-0.25, -0.2) is 0 Å². The zero-order chi connectivity index (χ0) is 9.97. The molecule has 2 rings (SSSR count). The molecule has 0 saturated carbocycles. The monoisotopic (exact) mass is 190 g/mol. The third kappa shape index (κ3) is 1.81. The summed E-state index contributed by atoms with van der Waals surface area (Å²) in [5.74, 6) is 0.579. The maximum atomic E-state index is 5.98. The van der Waals surface area contributed by atoms with Gasteiger partial charge in [0.2, 0.25) is 0 Å². The Morgan fingerprint density at radius 2 is 2.00 bits per heavy atom. The lowest BCUT2D eigenvalue weighted by atomic mass is 9.80. The number of fused-ring (bicyclic) bond motifs is 1. The van der Waals surface area contributed by atoms with Crippen LogP contribution in [0.25, 0.3) is 0 Å². The molecule has 0 spiro atoms. The maximum Gasteiger partial charge on any atom is 0.0195 e. The minimum absolute atomic E-state index is 0.170. The van der Waals surface area contributed by atoms with Crippen molar-refractivity contribution in [3.8, 4) is 0 Å². The molecule has 0 fully saturated rings. The fourth-order valence-corrected chi connectivity index (χ4v) is 2.28. The van der Waals surface area contributed by atoms with Gasteiger partial charge in [0.25, 0.3) is 0 Å². The number of benzene rings is 1. The summed E-state index contributed by atoms with van der Waals surface area (Å²) >= 11 is 0. The molecule has 2 nitrogen and oxygen atoms in total. The molecule has 76 valence electrons. The molecule has 0 aromatic heterocycles. The van der Waals surface area contributed by atoms with Crippen molar-refractivity contribution in [2.45, 2.75) is 25.3 Å². The lowest BCUT2D eigenvalue weighted by molar-refractivity contribution is 0.379. The summed E-state index contributed by atoms with van der Waals surface area (Å²) in [6.45, 7) is 0.604. The van der Waals surface area contributed by atoms with Crippen LogP contribution in [0.2, 0.25) is 0 Å². The van der Waals surface area contributed by atoms with Crippen molar-refractivity contribution >= 4 is 0 Å². The molecule has 1 aliphatic rings. The van der Waals surface area contributed by atoms with Crippen LogP contribution in [-0.4, -0.2) is 12.6 Å². The van der Waals surface area contributed by atoms with E-state index in [0.29, 0.717) is 12.5 Å². The number of nitrogens with two attached hydrogens (primary N) is 2. The van der Waals surface area contributed by atoms with Crippen molar-refractivity contribution in [2.75, 3.05) is 6.54 Å². The summed E-state index contributed by atoms with van der Waals surface area (Å²) in [6.07, 6.45) is 3.46. The Labute approximate surface area is 85.3 Å². The van der Waals surface area contributed by atoms with E-state index >= 15 is 0 Å². The summed E-state index contributed by atoms with van der Waals surface area (Å²) in [5, 5.41) is 0. The molecule has 0 aliphatic heterocycles. The standard InChI is InChI=1S/C12H18N2/c13-8-12(14)11-6-5-9-3-1-2-4-10(9)7-11/h1-4,11-12H,5-8,13-14H2. The second kappa shape index (κ2) is 4.11. The first-order chi connectivity index (χ1) is 6.81. The minimum atomic E-state index is 0.170. The van der Waals surface area contributed by atoms with Crippen LogP contribution in [0.4, 0.5) is 0 Å². The van der Waals surface area contributed by atoms with Gasteiger partial charge in [-0.3, -0.25) is 0 Å². The molecule has 1 aromatic rings. The Morgan fingerprint density at radius 1 is 1.29 bits per heavy atom. The predicted molar refractivity (Wildman–Crippen MR) is 59.0 cm³/mol. The quantitative estimate of drug-likeness (QED) is 0.733. The van der Waals surface area contributed by atoms with Crippen molar-refractivity contribution in [3.05, 3.63) is 35.4 Å². The molecule has 4 N–H and O–H groups in total. The second-order valence-electron chi connectivity index (χ2n) is 4.17. The van der Waals surface area contributed by atoms with E-state index < -0.39 is 0 Å². The third-order valence-electron chi connectivity index (χ3n) is 3.26. The average Bonchev–Trinajstić information content (AvgIpc) is 2.27. The van der Waals surface area contributed by atoms with E-state index in [4.69, 9.17) is 11.5 Å². The van der Waals surface area contributed by atoms with Crippen molar-refractivity contribution in [2.24, 2.45) is 17.4 Å². The van der Waals surface area contributed by atoms with E-state index in [9.17, 15) is 0 Å². The highest BCUT2D eigenvalue weighted by Gasteiger charge is 2.22. The zero-order valence-electron chi connectivity index (χ0n) is 8.45. The van der Waals surface area contributed by atoms with Gasteiger partial charge >= 0.3 is 0 Å². The highest BCUT2D eigenvalue weighted by molar-refractivity contribution is 5.29. The Kier molecular flexibility index (Phi) is 2.85. The molecule has 2 unspecified atom stereocenters. The minimum Gasteiger partial charge on any atom is -0.329 e. The lowest BCUT2D eigenvalue weighted by Crippen LogP contribution is -2.39. The Bertz CT molecular complexity index is 309. The van der Waals surface area contributed by atoms with Crippen molar-refractivity contribution in [1.29, 1.82) is 0 Å². The van der Waals surface area contributed by atoms with Crippen LogP contribution in [-0.2, 0) is 12.8 Å². The number of rotatable bonds is 2. The molecule has 1 aliphatic carbocycles. The van der Waals surface area contributed by atoms with Crippen LogP contribution < -0.4 is 11.5 Å². The first-order valence-corrected chi connectivity index (χ1v) is 5.33. The largest absolute Gasteiger partial charge is 0.329 e. The zero-order valence-corrected chi connectivity index (χ0v) is 8.45. The van der Waals surface area contributed by atoms with Gasteiger partial charge < -0.3 is 11.5 Å². The smallest absolute Gasteiger partial charge is 0.0195 e. The van der Waals surface area contributed by atoms with Gasteiger partial charge in [-0.05, 0) is 36.3 Å². The summed E-state index contributed by atoms with van der Waals surface area (Å²) in [6, 6.07) is 8.82. The van der Waals surface area contributed by atoms with Gasteiger partial charge in [0, 0.05) is 12.6 Å². The highest BCUT2D eigenvalue weighted by Crippen LogP contribution is 2.26. The van der Waals surface area contributed by atoms with E-state index in [2.05, 4.69) is 24.3 Å². The second-order valence-corrected chi connectivity index (χ2v) is 4.17. The van der Waals surface area contributed by atoms with Crippen molar-refractivity contribution in [1.82, 2.24) is 0 Å². The summed E-state index contributed by atoms with van der Waals surface area (Å²) in [7, 11) is 0. The van der Waals surface area contributed by atoms with Crippen LogP contribution in [0.3, 0.4) is 0 Å². The summed E-state index contributed by atoms with van der Waals surface area (Å²) in [5.41, 5.74) is 14.5. The lowest BCUT2D eigenvalue weighted by Gasteiger charge is -2.28. The van der Waals surface area contributed by atoms with Gasteiger partial charge in [-0.15, -0.1) is 0 Å². The molecule has 0 radical (unpaired) electrons. The fraction of sp³-hybridized carbons (Fsp3) is 0.500. The summed E-state index contributed by atoms with van der Waals surface area (Å²) in [4.78, 5) is 0. The fourth-order valence-electron chi connectivity index (χ4n) is 2.28. The maximum absolute atomic E-state index is 5.98. The average molecular weight is 190 g/mol. The Morgan fingerprint density at radius 3 is 2.71 bits per heavy atom. The third-order valence-corrected chi connectivity index (χ3v) is 3.26. The van der Waals surface area contributed by atoms with Crippen LogP contribution in [0.15, 0.2) is 24.3 Å². The van der Waals surface area contributed by atoms with Gasteiger partial charge in [0.05, 0.1) is 0 Å². The molecule has 0 heterocycles. The first kappa shape index (κ1) is 9.69. The molecular weight excluding hydrogens is 172 g/mol. The topological polar surface area (TPSA) is 52.0 Å². The molecule has 14 heavy (non-hydrogen) atoms. The first-order valence-electron chi connectivity index (χ1n) is 5.33. The Balaban J connectivity index is 2.13. The van der Waals surface area contributed by atoms with E-state index in [-0.39, 0.29) is 6.04 Å². The van der Waals surface area contributed by atoms with E-state index in [1.807, 2.05) is 0 Å². The molecule has 0 bridgehead atoms. The molecule has 0 amide bonds. The van der Waals surface area contributed by atoms with Gasteiger partial charge in [-0.1, -0.05) is 24.3 Å². The molecule has 1 aromatic carbocycles. The number of aryl methyl sites for hydroxylation is 1. The number of hydrogen-bond acceptors (Lipinski definition) is 2. The van der Waals surface area contributed by atoms with E-state index in [1.54, 1.807) is 0 Å². The van der Waals surface area contributed by atoms with Crippen LogP contribution in [0.5, 0.6) is 0 Å². The number of hydrogen-bond donors (Lipinski definition) is 2. The highest BCUT2D eigenvalue weighted by atomic mass is 14.7. The molecule has 2 heteroatoms. The van der Waals surface area contributed by atoms with Crippen LogP contribution in [0, 0.1) is 5.92 Å². The predicted octanol–water partition coefficient (Wildman–Crippen LogP) is 1.08. The van der Waals surface area contributed by atoms with Gasteiger partial charge in [-0.2, -0.15) is 0 Å². The Hall–Kier alpha value is -0.860. The van der Waals surface area contributed by atoms with Crippen LogP contribution in [0.1, 0.15) is 17.5 Å². The normalized spacial score (nSPS) is 22.9. The van der Waals surface area contributed by atoms with Crippen molar-refractivity contribution < 1.29 is 0 Å². The van der Waals surface area contributed by atoms with Crippen molar-refractivity contribution in [3.63, 3.8) is 0 Å². The van der Waals surface area contributed by atoms with Gasteiger partial charge in [0.15, 0.2) is 0 Å². The van der Waals surface area contributed by atoms with Gasteiger partial charge in [0.1, 0.15) is 0 Å². The van der Waals surface area contributed by atoms with Crippen LogP contribution >= 0.6 is 0 Å². The SMILES string of the molecule is NCC(N)C1CCc2ccccc2C1. The summed E-state index contributed by atoms with van der Waals surface area (Å²) < 4.78 is 0. The molecular formula is C12H18N2. The van der Waals surface area contributed by atoms with E-state index in [1.165, 1.54) is 17.5 Å².